The van der Waals surface area contributed by atoms with Crippen molar-refractivity contribution in [3.63, 3.8) is 0 Å². The molecule has 0 aromatic heterocycles. The van der Waals surface area contributed by atoms with Gasteiger partial charge in [0.15, 0.2) is 0 Å². The van der Waals surface area contributed by atoms with E-state index in [2.05, 4.69) is 16.4 Å². The Morgan fingerprint density at radius 3 is 2.39 bits per heavy atom. The molecular weight excluding hydrogens is 420 g/mol. The molecule has 8 heteroatoms. The molecule has 2 aromatic carbocycles. The first-order chi connectivity index (χ1) is 15.9. The third-order valence-electron chi connectivity index (χ3n) is 5.40. The van der Waals surface area contributed by atoms with Gasteiger partial charge in [-0.3, -0.25) is 14.6 Å². The average Bonchev–Trinajstić information content (AvgIpc) is 2.82. The largest absolute Gasteiger partial charge is 0.507 e. The molecule has 0 bridgehead atoms. The van der Waals surface area contributed by atoms with Gasteiger partial charge in [-0.05, 0) is 36.2 Å². The Balaban J connectivity index is 0.000000273. The zero-order valence-corrected chi connectivity index (χ0v) is 19.4. The van der Waals surface area contributed by atoms with Crippen LogP contribution in [0.1, 0.15) is 16.7 Å². The molecule has 1 amide bonds. The van der Waals surface area contributed by atoms with Gasteiger partial charge in [0.25, 0.3) is 0 Å². The molecular formula is C25H34N4O4. The van der Waals surface area contributed by atoms with Gasteiger partial charge in [0, 0.05) is 50.1 Å². The van der Waals surface area contributed by atoms with Gasteiger partial charge in [0.1, 0.15) is 17.2 Å². The summed E-state index contributed by atoms with van der Waals surface area (Å²) in [4.78, 5) is 15.4. The number of para-hydroxylation sites is 1. The van der Waals surface area contributed by atoms with Crippen molar-refractivity contribution < 1.29 is 19.4 Å². The van der Waals surface area contributed by atoms with Gasteiger partial charge < -0.3 is 25.7 Å². The normalized spacial score (nSPS) is 14.0. The van der Waals surface area contributed by atoms with Gasteiger partial charge in [0.2, 0.25) is 5.91 Å². The molecule has 1 saturated heterocycles. The molecule has 8 nitrogen and oxygen atoms in total. The molecule has 0 unspecified atom stereocenters. The van der Waals surface area contributed by atoms with Crippen molar-refractivity contribution in [2.24, 2.45) is 5.73 Å². The Morgan fingerprint density at radius 2 is 1.82 bits per heavy atom. The second kappa shape index (κ2) is 13.2. The molecule has 3 rings (SSSR count). The summed E-state index contributed by atoms with van der Waals surface area (Å²) >= 11 is 0. The van der Waals surface area contributed by atoms with Crippen LogP contribution in [0.25, 0.3) is 0 Å². The van der Waals surface area contributed by atoms with E-state index in [0.717, 1.165) is 61.6 Å². The van der Waals surface area contributed by atoms with Crippen LogP contribution in [-0.4, -0.2) is 74.0 Å². The van der Waals surface area contributed by atoms with Crippen molar-refractivity contribution in [3.05, 3.63) is 65.7 Å². The van der Waals surface area contributed by atoms with Crippen molar-refractivity contribution >= 4 is 12.1 Å². The number of carbonyl (C=O) groups is 1. The minimum atomic E-state index is -0.266. The number of nitrogens with zero attached hydrogens (tertiary/aromatic N) is 2. The maximum Gasteiger partial charge on any atom is 0.231 e. The number of hydrogen-bond acceptors (Lipinski definition) is 7. The molecule has 0 saturated carbocycles. The van der Waals surface area contributed by atoms with Gasteiger partial charge in [-0.25, -0.2) is 0 Å². The highest BCUT2D eigenvalue weighted by Crippen LogP contribution is 2.25. The SMILES string of the molecule is C=CCc1cccc(C=N)c1O.COc1ccc(OC)c(CN2CCN(CC(N)=O)CC2)c1. The number of piperazine rings is 1. The minimum absolute atomic E-state index is 0.187. The number of aromatic hydroxyl groups is 1. The number of ether oxygens (including phenoxy) is 2. The van der Waals surface area contributed by atoms with Crippen LogP contribution in [0.3, 0.4) is 0 Å². The maximum atomic E-state index is 10.9. The van der Waals surface area contributed by atoms with Crippen LogP contribution in [0.5, 0.6) is 17.2 Å². The van der Waals surface area contributed by atoms with Crippen LogP contribution < -0.4 is 15.2 Å². The number of phenolic OH excluding ortho intramolecular Hbond substituents is 1. The Hall–Kier alpha value is -3.36. The Labute approximate surface area is 195 Å². The van der Waals surface area contributed by atoms with E-state index in [4.69, 9.17) is 20.6 Å². The lowest BCUT2D eigenvalue weighted by molar-refractivity contribution is -0.119. The third-order valence-corrected chi connectivity index (χ3v) is 5.40. The van der Waals surface area contributed by atoms with Crippen molar-refractivity contribution in [3.8, 4) is 17.2 Å². The summed E-state index contributed by atoms with van der Waals surface area (Å²) in [6, 6.07) is 11.2. The summed E-state index contributed by atoms with van der Waals surface area (Å²) in [7, 11) is 3.34. The Kier molecular flexibility index (Phi) is 10.4. The molecule has 178 valence electrons. The number of carbonyl (C=O) groups excluding carboxylic acids is 1. The number of amides is 1. The van der Waals surface area contributed by atoms with Crippen LogP contribution in [-0.2, 0) is 17.8 Å². The highest BCUT2D eigenvalue weighted by molar-refractivity contribution is 5.81. The number of allylic oxidation sites excluding steroid dienone is 1. The molecule has 1 aliphatic rings. The molecule has 0 spiro atoms. The Morgan fingerprint density at radius 1 is 1.12 bits per heavy atom. The predicted octanol–water partition coefficient (Wildman–Crippen LogP) is 2.43. The van der Waals surface area contributed by atoms with E-state index in [0.29, 0.717) is 18.5 Å². The number of phenols is 1. The fourth-order valence-corrected chi connectivity index (χ4v) is 3.62. The van der Waals surface area contributed by atoms with Gasteiger partial charge in [0.05, 0.1) is 20.8 Å². The summed E-state index contributed by atoms with van der Waals surface area (Å²) in [5, 5.41) is 16.5. The lowest BCUT2D eigenvalue weighted by Crippen LogP contribution is -2.48. The van der Waals surface area contributed by atoms with Gasteiger partial charge in [-0.1, -0.05) is 18.2 Å². The maximum absolute atomic E-state index is 10.9. The van der Waals surface area contributed by atoms with Crippen molar-refractivity contribution in [1.82, 2.24) is 9.80 Å². The second-order valence-corrected chi connectivity index (χ2v) is 7.69. The van der Waals surface area contributed by atoms with Gasteiger partial charge in [-0.2, -0.15) is 0 Å². The molecule has 0 aliphatic carbocycles. The predicted molar refractivity (Wildman–Crippen MR) is 130 cm³/mol. The molecule has 1 aliphatic heterocycles. The van der Waals surface area contributed by atoms with Crippen LogP contribution in [0.4, 0.5) is 0 Å². The fraction of sp³-hybridized carbons (Fsp3) is 0.360. The summed E-state index contributed by atoms with van der Waals surface area (Å²) < 4.78 is 10.7. The second-order valence-electron chi connectivity index (χ2n) is 7.69. The standard InChI is InChI=1S/C15H23N3O3.C10H11NO/c1-20-13-3-4-14(21-2)12(9-13)10-17-5-7-18(8-6-17)11-15(16)19;1-2-4-8-5-3-6-9(7-11)10(8)12/h3-4,9H,5-8,10-11H2,1-2H3,(H2,16,19);2-3,5-7,11-12H,1,4H2. The van der Waals surface area contributed by atoms with Gasteiger partial charge >= 0.3 is 0 Å². The number of primary amides is 1. The molecule has 0 atom stereocenters. The van der Waals surface area contributed by atoms with Gasteiger partial charge in [-0.15, -0.1) is 6.58 Å². The van der Waals surface area contributed by atoms with Crippen LogP contribution >= 0.6 is 0 Å². The number of hydrogen-bond donors (Lipinski definition) is 3. The first-order valence-corrected chi connectivity index (χ1v) is 10.8. The monoisotopic (exact) mass is 454 g/mol. The summed E-state index contributed by atoms with van der Waals surface area (Å²) in [6.07, 6.45) is 3.50. The first-order valence-electron chi connectivity index (χ1n) is 10.8. The number of benzene rings is 2. The average molecular weight is 455 g/mol. The van der Waals surface area contributed by atoms with E-state index in [-0.39, 0.29) is 11.7 Å². The van der Waals surface area contributed by atoms with Crippen LogP contribution in [0.15, 0.2) is 49.1 Å². The van der Waals surface area contributed by atoms with E-state index >= 15 is 0 Å². The van der Waals surface area contributed by atoms with Crippen LogP contribution in [0, 0.1) is 5.41 Å². The van der Waals surface area contributed by atoms with Crippen LogP contribution in [0.2, 0.25) is 0 Å². The molecule has 1 heterocycles. The van der Waals surface area contributed by atoms with E-state index in [1.54, 1.807) is 26.4 Å². The van der Waals surface area contributed by atoms with E-state index in [1.807, 2.05) is 30.3 Å². The number of nitrogens with two attached hydrogens (primary N) is 1. The zero-order chi connectivity index (χ0) is 24.2. The van der Waals surface area contributed by atoms with E-state index < -0.39 is 0 Å². The number of nitrogens with one attached hydrogen (secondary N) is 1. The summed E-state index contributed by atoms with van der Waals surface area (Å²) in [5.41, 5.74) is 7.70. The quantitative estimate of drug-likeness (QED) is 0.396. The lowest BCUT2D eigenvalue weighted by atomic mass is 10.1. The highest BCUT2D eigenvalue weighted by atomic mass is 16.5. The minimum Gasteiger partial charge on any atom is -0.507 e. The fourth-order valence-electron chi connectivity index (χ4n) is 3.62. The molecule has 33 heavy (non-hydrogen) atoms. The Bertz CT molecular complexity index is 940. The number of methoxy groups -OCH3 is 2. The van der Waals surface area contributed by atoms with Crippen molar-refractivity contribution in [1.29, 1.82) is 5.41 Å². The van der Waals surface area contributed by atoms with E-state index in [1.165, 1.54) is 0 Å². The first kappa shape index (κ1) is 25.9. The zero-order valence-electron chi connectivity index (χ0n) is 19.4. The highest BCUT2D eigenvalue weighted by Gasteiger charge is 2.19. The molecule has 1 fully saturated rings. The summed E-state index contributed by atoms with van der Waals surface area (Å²) in [6.45, 7) is 8.27. The summed E-state index contributed by atoms with van der Waals surface area (Å²) in [5.74, 6) is 1.62. The molecule has 2 aromatic rings. The molecule has 4 N–H and O–H groups in total. The van der Waals surface area contributed by atoms with Crippen molar-refractivity contribution in [2.45, 2.75) is 13.0 Å². The van der Waals surface area contributed by atoms with Crippen molar-refractivity contribution in [2.75, 3.05) is 46.9 Å². The topological polar surface area (TPSA) is 112 Å². The molecule has 0 radical (unpaired) electrons. The third kappa shape index (κ3) is 7.93. The number of rotatable bonds is 9. The van der Waals surface area contributed by atoms with E-state index in [9.17, 15) is 9.90 Å². The smallest absolute Gasteiger partial charge is 0.231 e. The lowest BCUT2D eigenvalue weighted by Gasteiger charge is -2.34.